The van der Waals surface area contributed by atoms with Crippen molar-refractivity contribution in [3.05, 3.63) is 67.8 Å². The minimum Gasteiger partial charge on any atom is -0.336 e. The number of anilines is 2. The Labute approximate surface area is 146 Å². The molecule has 0 N–H and O–H groups in total. The smallest absolute Gasteiger partial charge is 0.336 e. The standard InChI is InChI=1S/C16H14F3N3O4/c1-3-20(11-6-4-5-10(2)7-11)15-13(16(17,18)19)8-12(21(23)24)9-14(15)22(25)26/h4-9H,3H2,1-2H3. The highest BCUT2D eigenvalue weighted by Gasteiger charge is 2.41. The van der Waals surface area contributed by atoms with Crippen molar-refractivity contribution >= 4 is 22.7 Å². The molecule has 0 spiro atoms. The van der Waals surface area contributed by atoms with Gasteiger partial charge in [0.1, 0.15) is 5.69 Å². The van der Waals surface area contributed by atoms with E-state index in [1.165, 1.54) is 13.0 Å². The minimum atomic E-state index is -5.01. The first-order valence-electron chi connectivity index (χ1n) is 7.44. The lowest BCUT2D eigenvalue weighted by atomic mass is 10.1. The Morgan fingerprint density at radius 2 is 1.73 bits per heavy atom. The van der Waals surface area contributed by atoms with Gasteiger partial charge in [0, 0.05) is 18.3 Å². The highest BCUT2D eigenvalue weighted by molar-refractivity contribution is 5.78. The SMILES string of the molecule is CCN(c1cccc(C)c1)c1c([N+](=O)[O-])cc([N+](=O)[O-])cc1C(F)(F)F. The van der Waals surface area contributed by atoms with Crippen LogP contribution in [0.25, 0.3) is 0 Å². The summed E-state index contributed by atoms with van der Waals surface area (Å²) in [7, 11) is 0. The summed E-state index contributed by atoms with van der Waals surface area (Å²) >= 11 is 0. The predicted molar refractivity (Wildman–Crippen MR) is 88.6 cm³/mol. The normalized spacial score (nSPS) is 11.3. The first-order chi connectivity index (χ1) is 12.1. The quantitative estimate of drug-likeness (QED) is 0.547. The number of nitro groups is 2. The van der Waals surface area contributed by atoms with Gasteiger partial charge in [0.25, 0.3) is 11.4 Å². The number of alkyl halides is 3. The maximum atomic E-state index is 13.6. The van der Waals surface area contributed by atoms with Gasteiger partial charge in [-0.3, -0.25) is 20.2 Å². The van der Waals surface area contributed by atoms with Gasteiger partial charge < -0.3 is 4.90 Å². The van der Waals surface area contributed by atoms with Crippen LogP contribution in [0.4, 0.5) is 35.9 Å². The van der Waals surface area contributed by atoms with Gasteiger partial charge in [-0.25, -0.2) is 0 Å². The van der Waals surface area contributed by atoms with Crippen molar-refractivity contribution in [1.29, 1.82) is 0 Å². The van der Waals surface area contributed by atoms with Crippen molar-refractivity contribution in [2.24, 2.45) is 0 Å². The van der Waals surface area contributed by atoms with Gasteiger partial charge in [-0.15, -0.1) is 0 Å². The molecule has 0 heterocycles. The lowest BCUT2D eigenvalue weighted by Gasteiger charge is -2.26. The van der Waals surface area contributed by atoms with Gasteiger partial charge in [0.15, 0.2) is 0 Å². The number of non-ortho nitro benzene ring substituents is 1. The van der Waals surface area contributed by atoms with Gasteiger partial charge in [-0.2, -0.15) is 13.2 Å². The highest BCUT2D eigenvalue weighted by atomic mass is 19.4. The summed E-state index contributed by atoms with van der Waals surface area (Å²) in [4.78, 5) is 21.3. The van der Waals surface area contributed by atoms with Crippen molar-refractivity contribution in [2.75, 3.05) is 11.4 Å². The molecule has 0 radical (unpaired) electrons. The van der Waals surface area contributed by atoms with Crippen LogP contribution in [0.1, 0.15) is 18.1 Å². The molecule has 7 nitrogen and oxygen atoms in total. The van der Waals surface area contributed by atoms with Crippen LogP contribution >= 0.6 is 0 Å². The zero-order valence-electron chi connectivity index (χ0n) is 13.8. The fourth-order valence-corrected chi connectivity index (χ4v) is 2.61. The second-order valence-corrected chi connectivity index (χ2v) is 5.46. The molecule has 0 atom stereocenters. The van der Waals surface area contributed by atoms with Gasteiger partial charge in [-0.1, -0.05) is 12.1 Å². The average molecular weight is 369 g/mol. The van der Waals surface area contributed by atoms with Crippen molar-refractivity contribution in [3.63, 3.8) is 0 Å². The maximum Gasteiger partial charge on any atom is 0.418 e. The Balaban J connectivity index is 2.87. The number of hydrogen-bond acceptors (Lipinski definition) is 5. The Kier molecular flexibility index (Phi) is 5.15. The Morgan fingerprint density at radius 1 is 1.08 bits per heavy atom. The molecular formula is C16H14F3N3O4. The van der Waals surface area contributed by atoms with E-state index in [-0.39, 0.29) is 6.54 Å². The molecule has 0 bridgehead atoms. The molecule has 0 fully saturated rings. The molecule has 0 unspecified atom stereocenters. The van der Waals surface area contributed by atoms with Crippen LogP contribution in [0.3, 0.4) is 0 Å². The second-order valence-electron chi connectivity index (χ2n) is 5.46. The Morgan fingerprint density at radius 3 is 2.19 bits per heavy atom. The monoisotopic (exact) mass is 369 g/mol. The van der Waals surface area contributed by atoms with E-state index in [4.69, 9.17) is 0 Å². The third kappa shape index (κ3) is 3.73. The molecule has 2 aromatic carbocycles. The first-order valence-corrected chi connectivity index (χ1v) is 7.44. The van der Waals surface area contributed by atoms with Crippen LogP contribution in [0.15, 0.2) is 36.4 Å². The van der Waals surface area contributed by atoms with Crippen molar-refractivity contribution in [1.82, 2.24) is 0 Å². The van der Waals surface area contributed by atoms with Gasteiger partial charge in [0.2, 0.25) is 0 Å². The van der Waals surface area contributed by atoms with Crippen LogP contribution in [0, 0.1) is 27.2 Å². The molecule has 0 saturated carbocycles. The van der Waals surface area contributed by atoms with Crippen molar-refractivity contribution in [2.45, 2.75) is 20.0 Å². The Bertz CT molecular complexity index is 868. The molecule has 0 amide bonds. The van der Waals surface area contributed by atoms with Crippen LogP contribution in [0.2, 0.25) is 0 Å². The lowest BCUT2D eigenvalue weighted by molar-refractivity contribution is -0.394. The molecular weight excluding hydrogens is 355 g/mol. The summed E-state index contributed by atoms with van der Waals surface area (Å²) in [5.74, 6) is 0. The van der Waals surface area contributed by atoms with Crippen LogP contribution in [-0.2, 0) is 6.18 Å². The Hall–Kier alpha value is -3.17. The number of benzene rings is 2. The van der Waals surface area contributed by atoms with Gasteiger partial charge in [0.05, 0.1) is 21.5 Å². The third-order valence-corrected chi connectivity index (χ3v) is 3.69. The summed E-state index contributed by atoms with van der Waals surface area (Å²) in [5, 5.41) is 22.3. The molecule has 138 valence electrons. The summed E-state index contributed by atoms with van der Waals surface area (Å²) in [6, 6.07) is 7.30. The van der Waals surface area contributed by atoms with E-state index < -0.39 is 38.6 Å². The topological polar surface area (TPSA) is 89.5 Å². The summed E-state index contributed by atoms with van der Waals surface area (Å²) in [6.45, 7) is 3.26. The van der Waals surface area contributed by atoms with Gasteiger partial charge >= 0.3 is 6.18 Å². The minimum absolute atomic E-state index is 0.00875. The first kappa shape index (κ1) is 19.2. The maximum absolute atomic E-state index is 13.6. The average Bonchev–Trinajstić information content (AvgIpc) is 2.54. The number of rotatable bonds is 5. The largest absolute Gasteiger partial charge is 0.418 e. The van der Waals surface area contributed by atoms with Gasteiger partial charge in [-0.05, 0) is 31.5 Å². The zero-order chi connectivity index (χ0) is 19.6. The number of nitro benzene ring substituents is 2. The summed E-state index contributed by atoms with van der Waals surface area (Å²) in [6.07, 6.45) is -5.01. The summed E-state index contributed by atoms with van der Waals surface area (Å²) in [5.41, 5.74) is -3.06. The second kappa shape index (κ2) is 6.98. The lowest BCUT2D eigenvalue weighted by Crippen LogP contribution is -2.22. The third-order valence-electron chi connectivity index (χ3n) is 3.69. The zero-order valence-corrected chi connectivity index (χ0v) is 13.8. The molecule has 26 heavy (non-hydrogen) atoms. The number of hydrogen-bond donors (Lipinski definition) is 0. The van der Waals surface area contributed by atoms with E-state index in [9.17, 15) is 33.4 Å². The molecule has 0 aliphatic rings. The highest BCUT2D eigenvalue weighted by Crippen LogP contribution is 2.46. The number of nitrogens with zero attached hydrogens (tertiary/aromatic N) is 3. The van der Waals surface area contributed by atoms with E-state index >= 15 is 0 Å². The molecule has 2 aromatic rings. The van der Waals surface area contributed by atoms with E-state index in [1.54, 1.807) is 25.1 Å². The fourth-order valence-electron chi connectivity index (χ4n) is 2.61. The molecule has 0 aliphatic carbocycles. The van der Waals surface area contributed by atoms with E-state index in [0.717, 1.165) is 10.5 Å². The molecule has 10 heteroatoms. The van der Waals surface area contributed by atoms with Crippen molar-refractivity contribution < 1.29 is 23.0 Å². The van der Waals surface area contributed by atoms with E-state index in [2.05, 4.69) is 0 Å². The fraction of sp³-hybridized carbons (Fsp3) is 0.250. The molecule has 2 rings (SSSR count). The van der Waals surface area contributed by atoms with E-state index in [0.29, 0.717) is 17.8 Å². The molecule has 0 saturated heterocycles. The van der Waals surface area contributed by atoms with Crippen LogP contribution in [0.5, 0.6) is 0 Å². The summed E-state index contributed by atoms with van der Waals surface area (Å²) < 4.78 is 40.7. The van der Waals surface area contributed by atoms with Crippen molar-refractivity contribution in [3.8, 4) is 0 Å². The van der Waals surface area contributed by atoms with Crippen LogP contribution < -0.4 is 4.90 Å². The molecule has 0 aromatic heterocycles. The predicted octanol–water partition coefficient (Wildman–Crippen LogP) is 4.99. The van der Waals surface area contributed by atoms with E-state index in [1.807, 2.05) is 0 Å². The number of aryl methyl sites for hydroxylation is 1. The number of halogens is 3. The molecule has 0 aliphatic heterocycles. The van der Waals surface area contributed by atoms with Crippen LogP contribution in [-0.4, -0.2) is 16.4 Å².